The van der Waals surface area contributed by atoms with Gasteiger partial charge in [-0.15, -0.1) is 0 Å². The molecule has 8 aromatic rings. The maximum absolute atomic E-state index is 9.13. The fourth-order valence-electron chi connectivity index (χ4n) is 5.94. The number of rotatable bonds is 3. The number of benzene rings is 8. The van der Waals surface area contributed by atoms with Gasteiger partial charge in [0, 0.05) is 0 Å². The quantitative estimate of drug-likeness (QED) is 0.206. The van der Waals surface area contributed by atoms with Crippen molar-refractivity contribution < 1.29 is 11.0 Å². The van der Waals surface area contributed by atoms with Crippen molar-refractivity contribution in [2.24, 2.45) is 0 Å². The topological polar surface area (TPSA) is 0 Å². The van der Waals surface area contributed by atoms with Crippen LogP contribution in [-0.4, -0.2) is 0 Å². The standard InChI is InChI=1S/C40H26/c1-2-13-28(14-3-1)39-35-16-6-8-18-37(35)40(38-19-9-7-17-36(38)39)34-23-11-21-32-31(20-10-22-33(32)34)30-25-24-27-12-4-5-15-29(27)26-30/h1-26H/i1D,2D,3D,13D,14D,24D,25D,26D. The summed E-state index contributed by atoms with van der Waals surface area (Å²) in [4.78, 5) is 0. The molecule has 0 aliphatic rings. The Bertz CT molecular complexity index is 2570. The maximum Gasteiger partial charge on any atom is 0.0636 e. The van der Waals surface area contributed by atoms with Gasteiger partial charge in [0.05, 0.1) is 11.0 Å². The van der Waals surface area contributed by atoms with Crippen LogP contribution in [0, 0.1) is 0 Å². The summed E-state index contributed by atoms with van der Waals surface area (Å²) in [6, 6.07) is 33.3. The molecule has 0 heterocycles. The van der Waals surface area contributed by atoms with E-state index < -0.39 is 6.04 Å². The van der Waals surface area contributed by atoms with Gasteiger partial charge in [-0.2, -0.15) is 0 Å². The van der Waals surface area contributed by atoms with Crippen LogP contribution in [0.4, 0.5) is 0 Å². The molecule has 0 nitrogen and oxygen atoms in total. The van der Waals surface area contributed by atoms with Gasteiger partial charge in [-0.1, -0.05) is 151 Å². The van der Waals surface area contributed by atoms with Crippen molar-refractivity contribution in [3.8, 4) is 33.4 Å². The Labute approximate surface area is 245 Å². The molecular formula is C40H26. The van der Waals surface area contributed by atoms with E-state index in [2.05, 4.69) is 0 Å². The molecule has 186 valence electrons. The summed E-state index contributed by atoms with van der Waals surface area (Å²) in [5, 5.41) is 6.18. The lowest BCUT2D eigenvalue weighted by molar-refractivity contribution is 1.65. The summed E-state index contributed by atoms with van der Waals surface area (Å²) in [5.41, 5.74) is 3.70. The van der Waals surface area contributed by atoms with Crippen LogP contribution in [0.1, 0.15) is 11.0 Å². The molecular weight excluding hydrogens is 480 g/mol. The largest absolute Gasteiger partial charge is 0.0636 e. The zero-order valence-electron chi connectivity index (χ0n) is 29.4. The normalized spacial score (nSPS) is 14.3. The summed E-state index contributed by atoms with van der Waals surface area (Å²) in [5.74, 6) is 0. The summed E-state index contributed by atoms with van der Waals surface area (Å²) >= 11 is 0. The van der Waals surface area contributed by atoms with E-state index in [9.17, 15) is 0 Å². The van der Waals surface area contributed by atoms with Crippen molar-refractivity contribution in [3.63, 3.8) is 0 Å². The molecule has 0 aliphatic carbocycles. The zero-order chi connectivity index (χ0) is 33.4. The van der Waals surface area contributed by atoms with Gasteiger partial charge in [0.1, 0.15) is 0 Å². The lowest BCUT2D eigenvalue weighted by Crippen LogP contribution is -1.92. The minimum Gasteiger partial charge on any atom is -0.0622 e. The first-order chi connectivity index (χ1) is 23.2. The molecule has 0 N–H and O–H groups in total. The fraction of sp³-hybridized carbons (Fsp3) is 0. The smallest absolute Gasteiger partial charge is 0.0622 e. The molecule has 0 heteroatoms. The summed E-state index contributed by atoms with van der Waals surface area (Å²) in [6.45, 7) is 0. The highest BCUT2D eigenvalue weighted by molar-refractivity contribution is 6.24. The molecule has 0 amide bonds. The van der Waals surface area contributed by atoms with E-state index in [1.807, 2.05) is 103 Å². The predicted octanol–water partition coefficient (Wildman–Crippen LogP) is 11.3. The summed E-state index contributed by atoms with van der Waals surface area (Å²) < 4.78 is 69.5. The van der Waals surface area contributed by atoms with Gasteiger partial charge in [-0.25, -0.2) is 0 Å². The van der Waals surface area contributed by atoms with E-state index in [-0.39, 0.29) is 47.9 Å². The van der Waals surface area contributed by atoms with Crippen LogP contribution in [0.5, 0.6) is 0 Å². The molecule has 0 unspecified atom stereocenters. The fourth-order valence-corrected chi connectivity index (χ4v) is 5.94. The third kappa shape index (κ3) is 3.54. The molecule has 8 rings (SSSR count). The highest BCUT2D eigenvalue weighted by atomic mass is 14.2. The third-order valence-electron chi connectivity index (χ3n) is 7.65. The maximum atomic E-state index is 9.13. The first-order valence-corrected chi connectivity index (χ1v) is 13.2. The van der Waals surface area contributed by atoms with Gasteiger partial charge in [0.25, 0.3) is 0 Å². The SMILES string of the molecule is [2H]c1c([2H])c([2H])c(-c2c3ccccc3c(-c3cccc4c(-c5c([2H])c([2H])c6ccccc6c5[2H])cccc34)c3ccccc23)c([2H])c1[2H]. The molecule has 0 saturated carbocycles. The monoisotopic (exact) mass is 514 g/mol. The lowest BCUT2D eigenvalue weighted by atomic mass is 9.84. The van der Waals surface area contributed by atoms with E-state index in [4.69, 9.17) is 11.0 Å². The highest BCUT2D eigenvalue weighted by Crippen LogP contribution is 2.46. The van der Waals surface area contributed by atoms with E-state index in [0.29, 0.717) is 27.5 Å². The average molecular weight is 515 g/mol. The molecule has 0 radical (unpaired) electrons. The van der Waals surface area contributed by atoms with E-state index in [1.54, 1.807) is 6.07 Å². The first-order valence-electron chi connectivity index (χ1n) is 17.2. The molecule has 0 fully saturated rings. The minimum atomic E-state index is -0.429. The van der Waals surface area contributed by atoms with Crippen molar-refractivity contribution in [2.45, 2.75) is 0 Å². The molecule has 8 aromatic carbocycles. The van der Waals surface area contributed by atoms with Gasteiger partial charge in [0.2, 0.25) is 0 Å². The first kappa shape index (κ1) is 16.0. The Morgan fingerprint density at radius 1 is 0.350 bits per heavy atom. The van der Waals surface area contributed by atoms with Crippen molar-refractivity contribution in [2.75, 3.05) is 0 Å². The van der Waals surface area contributed by atoms with Gasteiger partial charge in [-0.05, 0) is 82.5 Å². The average Bonchev–Trinajstić information content (AvgIpc) is 3.12. The van der Waals surface area contributed by atoms with Crippen molar-refractivity contribution in [1.29, 1.82) is 0 Å². The molecule has 0 aliphatic heterocycles. The minimum absolute atomic E-state index is 0.00970. The highest BCUT2D eigenvalue weighted by Gasteiger charge is 2.18. The van der Waals surface area contributed by atoms with Crippen LogP contribution in [0.2, 0.25) is 0 Å². The molecule has 40 heavy (non-hydrogen) atoms. The van der Waals surface area contributed by atoms with Crippen LogP contribution in [-0.2, 0) is 0 Å². The van der Waals surface area contributed by atoms with Crippen LogP contribution in [0.3, 0.4) is 0 Å². The van der Waals surface area contributed by atoms with Gasteiger partial charge in [-0.3, -0.25) is 0 Å². The number of fused-ring (bicyclic) bond motifs is 4. The Kier molecular flexibility index (Phi) is 3.70. The van der Waals surface area contributed by atoms with Gasteiger partial charge >= 0.3 is 0 Å². The molecule has 0 spiro atoms. The lowest BCUT2D eigenvalue weighted by Gasteiger charge is -2.19. The van der Waals surface area contributed by atoms with Gasteiger partial charge < -0.3 is 0 Å². The van der Waals surface area contributed by atoms with Crippen molar-refractivity contribution in [1.82, 2.24) is 0 Å². The Balaban J connectivity index is 1.49. The Morgan fingerprint density at radius 2 is 0.875 bits per heavy atom. The number of hydrogen-bond donors (Lipinski definition) is 0. The van der Waals surface area contributed by atoms with E-state index in [1.165, 1.54) is 0 Å². The molecule has 0 aromatic heterocycles. The molecule has 0 atom stereocenters. The Hall–Kier alpha value is -5.20. The van der Waals surface area contributed by atoms with Gasteiger partial charge in [0.15, 0.2) is 0 Å². The third-order valence-corrected chi connectivity index (χ3v) is 7.65. The van der Waals surface area contributed by atoms with E-state index >= 15 is 0 Å². The second kappa shape index (κ2) is 9.22. The van der Waals surface area contributed by atoms with Crippen LogP contribution in [0.15, 0.2) is 158 Å². The van der Waals surface area contributed by atoms with Crippen molar-refractivity contribution >= 4 is 43.1 Å². The van der Waals surface area contributed by atoms with Crippen LogP contribution < -0.4 is 0 Å². The molecule has 0 saturated heterocycles. The van der Waals surface area contributed by atoms with Crippen LogP contribution >= 0.6 is 0 Å². The van der Waals surface area contributed by atoms with E-state index in [0.717, 1.165) is 43.4 Å². The molecule has 0 bridgehead atoms. The summed E-state index contributed by atoms with van der Waals surface area (Å²) in [6.07, 6.45) is 0. The van der Waals surface area contributed by atoms with Crippen molar-refractivity contribution in [3.05, 3.63) is 158 Å². The zero-order valence-corrected chi connectivity index (χ0v) is 21.4. The number of hydrogen-bond acceptors (Lipinski definition) is 0. The second-order valence-electron chi connectivity index (χ2n) is 9.84. The second-order valence-corrected chi connectivity index (χ2v) is 9.84. The Morgan fingerprint density at radius 3 is 1.55 bits per heavy atom. The van der Waals surface area contributed by atoms with Crippen LogP contribution in [0.25, 0.3) is 76.5 Å². The predicted molar refractivity (Wildman–Crippen MR) is 173 cm³/mol. The summed E-state index contributed by atoms with van der Waals surface area (Å²) in [7, 11) is 0.